The molecule has 2 N–H and O–H groups in total. The number of hydrogen-bond donors (Lipinski definition) is 1. The Balaban J connectivity index is 2.17. The van der Waals surface area contributed by atoms with Crippen LogP contribution in [0.1, 0.15) is 11.1 Å². The van der Waals surface area contributed by atoms with Gasteiger partial charge in [-0.1, -0.05) is 0 Å². The van der Waals surface area contributed by atoms with Crippen molar-refractivity contribution in [3.63, 3.8) is 0 Å². The highest BCUT2D eigenvalue weighted by Crippen LogP contribution is 2.34. The van der Waals surface area contributed by atoms with E-state index >= 15 is 0 Å². The fourth-order valence-electron chi connectivity index (χ4n) is 1.96. The van der Waals surface area contributed by atoms with E-state index in [0.29, 0.717) is 6.42 Å². The van der Waals surface area contributed by atoms with Crippen molar-refractivity contribution in [2.75, 3.05) is 20.9 Å². The number of carbonyl (C=O) groups excluding carboxylic acids is 1. The van der Waals surface area contributed by atoms with E-state index in [2.05, 4.69) is 0 Å². The first kappa shape index (κ1) is 12.7. The van der Waals surface area contributed by atoms with E-state index in [1.54, 1.807) is 14.1 Å². The molecule has 0 saturated carbocycles. The van der Waals surface area contributed by atoms with Gasteiger partial charge in [0.2, 0.25) is 12.7 Å². The van der Waals surface area contributed by atoms with E-state index in [1.165, 1.54) is 4.90 Å². The molecule has 0 saturated heterocycles. The van der Waals surface area contributed by atoms with E-state index < -0.39 is 6.04 Å². The molecule has 18 heavy (non-hydrogen) atoms. The molecule has 1 heterocycles. The Morgan fingerprint density at radius 2 is 2.00 bits per heavy atom. The lowest BCUT2D eigenvalue weighted by Gasteiger charge is -2.17. The van der Waals surface area contributed by atoms with Crippen molar-refractivity contribution in [1.82, 2.24) is 4.90 Å². The molecule has 5 heteroatoms. The van der Waals surface area contributed by atoms with Crippen molar-refractivity contribution in [1.29, 1.82) is 0 Å². The quantitative estimate of drug-likeness (QED) is 0.857. The number of aryl methyl sites for hydroxylation is 1. The fraction of sp³-hybridized carbons (Fsp3) is 0.462. The Morgan fingerprint density at radius 1 is 1.39 bits per heavy atom. The third kappa shape index (κ3) is 2.41. The summed E-state index contributed by atoms with van der Waals surface area (Å²) in [6, 6.07) is 3.30. The average molecular weight is 250 g/mol. The molecular formula is C13H18N2O3. The second-order valence-corrected chi connectivity index (χ2v) is 4.68. The Bertz CT molecular complexity index is 472. The average Bonchev–Trinajstić information content (AvgIpc) is 2.75. The van der Waals surface area contributed by atoms with Crippen LogP contribution < -0.4 is 15.2 Å². The zero-order valence-electron chi connectivity index (χ0n) is 10.9. The molecule has 0 fully saturated rings. The van der Waals surface area contributed by atoms with Crippen molar-refractivity contribution in [2.24, 2.45) is 5.73 Å². The summed E-state index contributed by atoms with van der Waals surface area (Å²) in [6.45, 7) is 2.23. The lowest BCUT2D eigenvalue weighted by molar-refractivity contribution is -0.130. The summed E-state index contributed by atoms with van der Waals surface area (Å²) in [4.78, 5) is 13.2. The van der Waals surface area contributed by atoms with E-state index in [1.807, 2.05) is 19.1 Å². The van der Waals surface area contributed by atoms with Crippen molar-refractivity contribution in [3.05, 3.63) is 23.3 Å². The van der Waals surface area contributed by atoms with E-state index in [4.69, 9.17) is 15.2 Å². The molecule has 0 spiro atoms. The molecule has 1 amide bonds. The smallest absolute Gasteiger partial charge is 0.239 e. The van der Waals surface area contributed by atoms with Gasteiger partial charge in [0, 0.05) is 14.1 Å². The van der Waals surface area contributed by atoms with Crippen LogP contribution in [0.4, 0.5) is 0 Å². The third-order valence-electron chi connectivity index (χ3n) is 3.03. The lowest BCUT2D eigenvalue weighted by Crippen LogP contribution is -2.41. The zero-order chi connectivity index (χ0) is 13.3. The van der Waals surface area contributed by atoms with Crippen LogP contribution in [-0.2, 0) is 11.2 Å². The summed E-state index contributed by atoms with van der Waals surface area (Å²) in [5, 5.41) is 0. The van der Waals surface area contributed by atoms with Crippen LogP contribution >= 0.6 is 0 Å². The number of hydrogen-bond acceptors (Lipinski definition) is 4. The van der Waals surface area contributed by atoms with Crippen LogP contribution in [0.15, 0.2) is 12.1 Å². The van der Waals surface area contributed by atoms with Crippen LogP contribution in [0.25, 0.3) is 0 Å². The third-order valence-corrected chi connectivity index (χ3v) is 3.03. The molecule has 1 aromatic rings. The molecule has 0 aromatic heterocycles. The first-order valence-corrected chi connectivity index (χ1v) is 5.85. The number of likely N-dealkylation sites (N-methyl/N-ethyl adjacent to an activating group) is 1. The molecule has 2 rings (SSSR count). The number of nitrogens with two attached hydrogens (primary N) is 1. The Morgan fingerprint density at radius 3 is 2.61 bits per heavy atom. The number of benzene rings is 1. The first-order valence-electron chi connectivity index (χ1n) is 5.85. The second-order valence-electron chi connectivity index (χ2n) is 4.68. The van der Waals surface area contributed by atoms with Gasteiger partial charge in [0.1, 0.15) is 0 Å². The fourth-order valence-corrected chi connectivity index (χ4v) is 1.96. The molecule has 98 valence electrons. The predicted molar refractivity (Wildman–Crippen MR) is 67.7 cm³/mol. The highest BCUT2D eigenvalue weighted by atomic mass is 16.7. The van der Waals surface area contributed by atoms with Crippen molar-refractivity contribution in [3.8, 4) is 11.5 Å². The topological polar surface area (TPSA) is 64.8 Å². The van der Waals surface area contributed by atoms with Crippen molar-refractivity contribution in [2.45, 2.75) is 19.4 Å². The number of ether oxygens (including phenoxy) is 2. The Hall–Kier alpha value is -1.75. The minimum Gasteiger partial charge on any atom is -0.454 e. The minimum atomic E-state index is -0.529. The summed E-state index contributed by atoms with van der Waals surface area (Å²) in [6.07, 6.45) is 0.499. The predicted octanol–water partition coefficient (Wildman–Crippen LogP) is 0.682. The molecule has 1 aliphatic rings. The molecule has 0 bridgehead atoms. The van der Waals surface area contributed by atoms with Gasteiger partial charge >= 0.3 is 0 Å². The maximum atomic E-state index is 11.7. The molecule has 0 aliphatic carbocycles. The Labute approximate surface area is 106 Å². The van der Waals surface area contributed by atoms with E-state index in [9.17, 15) is 4.79 Å². The standard InChI is InChI=1S/C13H18N2O3/c1-8-4-11-12(18-7-17-11)6-9(8)5-10(14)13(16)15(2)3/h4,6,10H,5,7,14H2,1-3H3. The minimum absolute atomic E-state index is 0.0768. The van der Waals surface area contributed by atoms with Crippen molar-refractivity contribution < 1.29 is 14.3 Å². The monoisotopic (exact) mass is 250 g/mol. The van der Waals surface area contributed by atoms with Gasteiger partial charge in [0.25, 0.3) is 0 Å². The summed E-state index contributed by atoms with van der Waals surface area (Å²) >= 11 is 0. The maximum absolute atomic E-state index is 11.7. The highest BCUT2D eigenvalue weighted by molar-refractivity contribution is 5.81. The number of carbonyl (C=O) groups is 1. The maximum Gasteiger partial charge on any atom is 0.239 e. The molecular weight excluding hydrogens is 232 g/mol. The van der Waals surface area contributed by atoms with Crippen LogP contribution in [0.3, 0.4) is 0 Å². The lowest BCUT2D eigenvalue weighted by atomic mass is 10.00. The van der Waals surface area contributed by atoms with Gasteiger partial charge < -0.3 is 20.1 Å². The Kier molecular flexibility index (Phi) is 3.43. The SMILES string of the molecule is Cc1cc2c(cc1CC(N)C(=O)N(C)C)OCO2. The number of fused-ring (bicyclic) bond motifs is 1. The molecule has 0 radical (unpaired) electrons. The van der Waals surface area contributed by atoms with Crippen LogP contribution in [-0.4, -0.2) is 37.7 Å². The van der Waals surface area contributed by atoms with Gasteiger partial charge in [-0.2, -0.15) is 0 Å². The number of rotatable bonds is 3. The first-order chi connectivity index (χ1) is 8.49. The van der Waals surface area contributed by atoms with E-state index in [0.717, 1.165) is 22.6 Å². The second kappa shape index (κ2) is 4.86. The van der Waals surface area contributed by atoms with Crippen LogP contribution in [0, 0.1) is 6.92 Å². The number of nitrogens with zero attached hydrogens (tertiary/aromatic N) is 1. The van der Waals surface area contributed by atoms with Crippen LogP contribution in [0.5, 0.6) is 11.5 Å². The summed E-state index contributed by atoms with van der Waals surface area (Å²) in [5.74, 6) is 1.40. The summed E-state index contributed by atoms with van der Waals surface area (Å²) < 4.78 is 10.6. The molecule has 1 aliphatic heterocycles. The van der Waals surface area contributed by atoms with Crippen molar-refractivity contribution >= 4 is 5.91 Å². The van der Waals surface area contributed by atoms with Gasteiger partial charge in [-0.05, 0) is 36.6 Å². The largest absolute Gasteiger partial charge is 0.454 e. The normalized spacial score (nSPS) is 14.4. The van der Waals surface area contributed by atoms with Crippen LogP contribution in [0.2, 0.25) is 0 Å². The molecule has 1 unspecified atom stereocenters. The van der Waals surface area contributed by atoms with Gasteiger partial charge in [-0.15, -0.1) is 0 Å². The zero-order valence-corrected chi connectivity index (χ0v) is 10.9. The number of amides is 1. The van der Waals surface area contributed by atoms with Gasteiger partial charge in [-0.25, -0.2) is 0 Å². The summed E-state index contributed by atoms with van der Waals surface area (Å²) in [7, 11) is 3.41. The molecule has 5 nitrogen and oxygen atoms in total. The highest BCUT2D eigenvalue weighted by Gasteiger charge is 2.20. The van der Waals surface area contributed by atoms with Gasteiger partial charge in [-0.3, -0.25) is 4.79 Å². The van der Waals surface area contributed by atoms with Gasteiger partial charge in [0.05, 0.1) is 6.04 Å². The summed E-state index contributed by atoms with van der Waals surface area (Å²) in [5.41, 5.74) is 7.97. The molecule has 1 aromatic carbocycles. The molecule has 1 atom stereocenters. The van der Waals surface area contributed by atoms with Gasteiger partial charge in [0.15, 0.2) is 11.5 Å². The van der Waals surface area contributed by atoms with E-state index in [-0.39, 0.29) is 12.7 Å².